The normalized spacial score (nSPS) is 18.5. The fraction of sp³-hybridized carbons (Fsp3) is 1.00. The van der Waals surface area contributed by atoms with Crippen LogP contribution in [0.3, 0.4) is 0 Å². The summed E-state index contributed by atoms with van der Waals surface area (Å²) < 4.78 is 5.70. The summed E-state index contributed by atoms with van der Waals surface area (Å²) in [5.74, 6) is 0. The Balaban J connectivity index is 2.29. The molecule has 0 spiro atoms. The Morgan fingerprint density at radius 1 is 1.06 bits per heavy atom. The van der Waals surface area contributed by atoms with Gasteiger partial charge in [-0.1, -0.05) is 0 Å². The Kier molecular flexibility index (Phi) is 7.87. The predicted molar refractivity (Wildman–Crippen MR) is 77.5 cm³/mol. The fourth-order valence-corrected chi connectivity index (χ4v) is 10.5. The van der Waals surface area contributed by atoms with Crippen LogP contribution < -0.4 is 0 Å². The van der Waals surface area contributed by atoms with E-state index in [9.17, 15) is 0 Å². The van der Waals surface area contributed by atoms with Gasteiger partial charge in [0, 0.05) is 0 Å². The molecule has 100 valence electrons. The molecule has 1 aliphatic heterocycles. The molecule has 0 unspecified atom stereocenters. The molecular formula is C13H30GaN3. The number of unbranched alkanes of at least 4 members (excludes halogenated alkanes) is 1. The minimum atomic E-state index is -1.26. The molecule has 0 saturated carbocycles. The molecule has 0 aromatic carbocycles. The standard InChI is InChI=1S/C7H16N2.C6H14N.Ga/c1-3-5-9-7-6-8-4-2;1-4-5-6-7(2)3;/h3-7H2,1-2H3;1,4-6H2,2-3H3;/q-2;;+2. The maximum absolute atomic E-state index is 2.87. The van der Waals surface area contributed by atoms with Crippen molar-refractivity contribution in [2.24, 2.45) is 0 Å². The summed E-state index contributed by atoms with van der Waals surface area (Å²) in [4.78, 5) is 3.84. The van der Waals surface area contributed by atoms with E-state index in [2.05, 4.69) is 40.1 Å². The second kappa shape index (κ2) is 8.59. The van der Waals surface area contributed by atoms with Crippen molar-refractivity contribution in [3.05, 3.63) is 0 Å². The SMILES string of the molecule is CCC[N]1CC[N](CC)[Ga]1[CH2]CCCN(C)C. The summed E-state index contributed by atoms with van der Waals surface area (Å²) in [5, 5.41) is 0. The monoisotopic (exact) mass is 297 g/mol. The summed E-state index contributed by atoms with van der Waals surface area (Å²) in [7, 11) is 4.36. The molecule has 1 heterocycles. The number of hydrogen-bond acceptors (Lipinski definition) is 3. The van der Waals surface area contributed by atoms with Crippen molar-refractivity contribution < 1.29 is 0 Å². The molecule has 1 saturated heterocycles. The Hall–Kier alpha value is 0.516. The van der Waals surface area contributed by atoms with Crippen molar-refractivity contribution >= 4 is 16.7 Å². The van der Waals surface area contributed by atoms with E-state index in [1.165, 1.54) is 57.0 Å². The van der Waals surface area contributed by atoms with Gasteiger partial charge < -0.3 is 0 Å². The van der Waals surface area contributed by atoms with Gasteiger partial charge in [0.25, 0.3) is 0 Å². The first kappa shape index (κ1) is 15.6. The van der Waals surface area contributed by atoms with Crippen LogP contribution in [0.5, 0.6) is 0 Å². The van der Waals surface area contributed by atoms with Crippen LogP contribution in [-0.2, 0) is 0 Å². The Morgan fingerprint density at radius 2 is 1.76 bits per heavy atom. The van der Waals surface area contributed by atoms with E-state index in [1.54, 1.807) is 0 Å². The molecule has 0 amide bonds. The second-order valence-corrected chi connectivity index (χ2v) is 11.7. The number of rotatable bonds is 8. The summed E-state index contributed by atoms with van der Waals surface area (Å²) in [5.41, 5.74) is 0. The minimum absolute atomic E-state index is 1.26. The van der Waals surface area contributed by atoms with E-state index in [1.807, 2.05) is 0 Å². The van der Waals surface area contributed by atoms with Gasteiger partial charge in [-0.15, -0.1) is 0 Å². The molecule has 0 aliphatic carbocycles. The van der Waals surface area contributed by atoms with Crippen molar-refractivity contribution in [3.63, 3.8) is 0 Å². The summed E-state index contributed by atoms with van der Waals surface area (Å²) >= 11 is -1.26. The first-order valence-electron chi connectivity index (χ1n) is 7.31. The molecule has 0 aromatic rings. The topological polar surface area (TPSA) is 9.72 Å². The van der Waals surface area contributed by atoms with Gasteiger partial charge in [-0.05, 0) is 0 Å². The van der Waals surface area contributed by atoms with E-state index in [0.29, 0.717) is 0 Å². The Bertz CT molecular complexity index is 199. The van der Waals surface area contributed by atoms with Gasteiger partial charge in [0.15, 0.2) is 0 Å². The van der Waals surface area contributed by atoms with Gasteiger partial charge in [0.1, 0.15) is 0 Å². The van der Waals surface area contributed by atoms with Crippen molar-refractivity contribution in [2.45, 2.75) is 38.1 Å². The van der Waals surface area contributed by atoms with Crippen LogP contribution in [0.2, 0.25) is 4.98 Å². The molecule has 4 heteroatoms. The van der Waals surface area contributed by atoms with Gasteiger partial charge in [-0.25, -0.2) is 0 Å². The van der Waals surface area contributed by atoms with Gasteiger partial charge in [0.2, 0.25) is 0 Å². The van der Waals surface area contributed by atoms with Crippen molar-refractivity contribution in [3.8, 4) is 0 Å². The number of likely N-dealkylation sites (N-methyl/N-ethyl adjacent to an activating group) is 1. The average Bonchev–Trinajstić information content (AvgIpc) is 2.67. The molecule has 0 atom stereocenters. The third-order valence-corrected chi connectivity index (χ3v) is 11.6. The van der Waals surface area contributed by atoms with Crippen LogP contribution in [0.1, 0.15) is 33.1 Å². The zero-order valence-corrected chi connectivity index (χ0v) is 14.7. The number of hydrogen-bond donors (Lipinski definition) is 0. The summed E-state index contributed by atoms with van der Waals surface area (Å²) in [6, 6.07) is 0. The molecule has 1 fully saturated rings. The average molecular weight is 298 g/mol. The van der Waals surface area contributed by atoms with E-state index in [4.69, 9.17) is 0 Å². The molecule has 1 aliphatic rings. The fourth-order valence-electron chi connectivity index (χ4n) is 2.82. The number of nitrogens with zero attached hydrogens (tertiary/aromatic N) is 3. The molecule has 3 nitrogen and oxygen atoms in total. The Labute approximate surface area is 114 Å². The molecule has 0 radical (unpaired) electrons. The maximum atomic E-state index is 2.87. The molecule has 17 heavy (non-hydrogen) atoms. The molecular weight excluding hydrogens is 268 g/mol. The molecule has 0 aromatic heterocycles. The molecule has 1 rings (SSSR count). The summed E-state index contributed by atoms with van der Waals surface area (Å²) in [6.45, 7) is 11.3. The zero-order chi connectivity index (χ0) is 12.7. The van der Waals surface area contributed by atoms with E-state index in [0.717, 1.165) is 0 Å². The van der Waals surface area contributed by atoms with E-state index < -0.39 is 16.7 Å². The van der Waals surface area contributed by atoms with Crippen LogP contribution >= 0.6 is 0 Å². The van der Waals surface area contributed by atoms with Crippen molar-refractivity contribution in [1.29, 1.82) is 0 Å². The van der Waals surface area contributed by atoms with Crippen molar-refractivity contribution in [2.75, 3.05) is 46.8 Å². The summed E-state index contributed by atoms with van der Waals surface area (Å²) in [6.07, 6.45) is 4.16. The van der Waals surface area contributed by atoms with Gasteiger partial charge in [-0.2, -0.15) is 0 Å². The first-order valence-corrected chi connectivity index (χ1v) is 11.2. The van der Waals surface area contributed by atoms with Crippen LogP contribution in [0, 0.1) is 0 Å². The van der Waals surface area contributed by atoms with Crippen LogP contribution in [0.25, 0.3) is 0 Å². The van der Waals surface area contributed by atoms with Gasteiger partial charge >= 0.3 is 114 Å². The quantitative estimate of drug-likeness (QED) is 0.500. The van der Waals surface area contributed by atoms with E-state index >= 15 is 0 Å². The van der Waals surface area contributed by atoms with E-state index in [-0.39, 0.29) is 0 Å². The van der Waals surface area contributed by atoms with Crippen LogP contribution in [-0.4, -0.2) is 75.6 Å². The molecule has 0 bridgehead atoms. The van der Waals surface area contributed by atoms with Gasteiger partial charge in [-0.3, -0.25) is 0 Å². The first-order chi connectivity index (χ1) is 8.19. The molecule has 0 N–H and O–H groups in total. The van der Waals surface area contributed by atoms with Crippen molar-refractivity contribution in [1.82, 2.24) is 12.1 Å². The second-order valence-electron chi connectivity index (χ2n) is 5.44. The third kappa shape index (κ3) is 5.35. The predicted octanol–water partition coefficient (Wildman–Crippen LogP) is 1.86. The van der Waals surface area contributed by atoms with Crippen LogP contribution in [0.15, 0.2) is 0 Å². The van der Waals surface area contributed by atoms with Gasteiger partial charge in [0.05, 0.1) is 0 Å². The third-order valence-electron chi connectivity index (χ3n) is 3.75. The van der Waals surface area contributed by atoms with Crippen LogP contribution in [0.4, 0.5) is 0 Å². The Morgan fingerprint density at radius 3 is 2.35 bits per heavy atom. The zero-order valence-electron chi connectivity index (χ0n) is 12.3.